The van der Waals surface area contributed by atoms with Crippen molar-refractivity contribution in [2.45, 2.75) is 39.7 Å². The number of benzene rings is 2. The third-order valence-electron chi connectivity index (χ3n) is 5.90. The number of rotatable bonds is 5. The first-order valence-electron chi connectivity index (χ1n) is 10.6. The molecule has 0 spiro atoms. The summed E-state index contributed by atoms with van der Waals surface area (Å²) in [5.74, 6) is -0.0589. The number of carbonyl (C=O) groups is 1. The van der Waals surface area contributed by atoms with Crippen LogP contribution in [0.15, 0.2) is 35.1 Å². The minimum atomic E-state index is -0.150. The Balaban J connectivity index is 1.72. The third-order valence-corrected chi connectivity index (χ3v) is 6.22. The lowest BCUT2D eigenvalue weighted by molar-refractivity contribution is 0.0985. The van der Waals surface area contributed by atoms with Gasteiger partial charge in [-0.15, -0.1) is 0 Å². The van der Waals surface area contributed by atoms with E-state index in [9.17, 15) is 9.59 Å². The van der Waals surface area contributed by atoms with Crippen LogP contribution in [-0.2, 0) is 17.7 Å². The Morgan fingerprint density at radius 1 is 1.23 bits per heavy atom. The van der Waals surface area contributed by atoms with Crippen molar-refractivity contribution in [3.63, 3.8) is 0 Å². The quantitative estimate of drug-likeness (QED) is 0.477. The number of aryl methyl sites for hydroxylation is 2. The molecule has 31 heavy (non-hydrogen) atoms. The summed E-state index contributed by atoms with van der Waals surface area (Å²) in [5.41, 5.74) is 5.59. The van der Waals surface area contributed by atoms with Gasteiger partial charge in [-0.25, -0.2) is 0 Å². The van der Waals surface area contributed by atoms with Crippen LogP contribution in [0.5, 0.6) is 0 Å². The maximum Gasteiger partial charge on any atom is 0.262 e. The molecule has 3 aromatic rings. The highest BCUT2D eigenvalue weighted by atomic mass is 32.1. The molecule has 6 nitrogen and oxygen atoms in total. The second-order valence-corrected chi connectivity index (χ2v) is 8.52. The molecule has 1 amide bonds. The molecule has 2 aromatic carbocycles. The van der Waals surface area contributed by atoms with Gasteiger partial charge in [-0.3, -0.25) is 14.2 Å². The SMILES string of the molecule is COCCCn1c(=S)[nH]c2cc(C(=O)N3CCCc4c(C)cc(C)cc43)ccc2c1=O. The summed E-state index contributed by atoms with van der Waals surface area (Å²) in [6.07, 6.45) is 2.62. The number of aromatic nitrogens is 2. The van der Waals surface area contributed by atoms with Gasteiger partial charge in [0.15, 0.2) is 4.77 Å². The molecular weight excluding hydrogens is 410 g/mol. The molecule has 0 aliphatic carbocycles. The average Bonchev–Trinajstić information content (AvgIpc) is 2.74. The van der Waals surface area contributed by atoms with E-state index in [2.05, 4.69) is 31.0 Å². The maximum absolute atomic E-state index is 13.4. The summed E-state index contributed by atoms with van der Waals surface area (Å²) < 4.78 is 6.97. The second-order valence-electron chi connectivity index (χ2n) is 8.13. The van der Waals surface area contributed by atoms with Crippen LogP contribution in [0.3, 0.4) is 0 Å². The zero-order valence-corrected chi connectivity index (χ0v) is 19.0. The van der Waals surface area contributed by atoms with E-state index in [0.717, 1.165) is 24.1 Å². The molecule has 1 aliphatic rings. The number of H-pyrrole nitrogens is 1. The average molecular weight is 438 g/mol. The number of nitrogens with zero attached hydrogens (tertiary/aromatic N) is 2. The molecule has 0 saturated carbocycles. The first-order chi connectivity index (χ1) is 14.9. The van der Waals surface area contributed by atoms with E-state index < -0.39 is 0 Å². The van der Waals surface area contributed by atoms with Crippen molar-refractivity contribution in [3.8, 4) is 0 Å². The first-order valence-corrected chi connectivity index (χ1v) is 11.0. The zero-order valence-electron chi connectivity index (χ0n) is 18.2. The lowest BCUT2D eigenvalue weighted by Gasteiger charge is -2.31. The van der Waals surface area contributed by atoms with Crippen molar-refractivity contribution in [2.75, 3.05) is 25.2 Å². The van der Waals surface area contributed by atoms with Crippen molar-refractivity contribution in [1.29, 1.82) is 0 Å². The van der Waals surface area contributed by atoms with Crippen molar-refractivity contribution < 1.29 is 9.53 Å². The van der Waals surface area contributed by atoms with Crippen molar-refractivity contribution in [1.82, 2.24) is 9.55 Å². The lowest BCUT2D eigenvalue weighted by atomic mass is 9.94. The van der Waals surface area contributed by atoms with Gasteiger partial charge in [0.05, 0.1) is 10.9 Å². The number of methoxy groups -OCH3 is 1. The van der Waals surface area contributed by atoms with Crippen LogP contribution in [0, 0.1) is 18.6 Å². The van der Waals surface area contributed by atoms with E-state index in [0.29, 0.717) is 47.4 Å². The van der Waals surface area contributed by atoms with Crippen LogP contribution in [0.4, 0.5) is 5.69 Å². The van der Waals surface area contributed by atoms with Gasteiger partial charge in [0.25, 0.3) is 11.5 Å². The molecule has 0 atom stereocenters. The van der Waals surface area contributed by atoms with E-state index in [1.807, 2.05) is 4.90 Å². The zero-order chi connectivity index (χ0) is 22.1. The van der Waals surface area contributed by atoms with Crippen LogP contribution in [0.2, 0.25) is 0 Å². The molecule has 7 heteroatoms. The number of anilines is 1. The largest absolute Gasteiger partial charge is 0.385 e. The van der Waals surface area contributed by atoms with Crippen LogP contribution < -0.4 is 10.5 Å². The molecule has 0 unspecified atom stereocenters. The predicted octanol–water partition coefficient (Wildman–Crippen LogP) is 4.31. The van der Waals surface area contributed by atoms with Crippen molar-refractivity contribution in [2.24, 2.45) is 0 Å². The molecule has 0 radical (unpaired) electrons. The fourth-order valence-corrected chi connectivity index (χ4v) is 4.68. The molecule has 0 saturated heterocycles. The monoisotopic (exact) mass is 437 g/mol. The predicted molar refractivity (Wildman–Crippen MR) is 126 cm³/mol. The molecule has 0 fully saturated rings. The van der Waals surface area contributed by atoms with Crippen LogP contribution in [-0.4, -0.2) is 35.7 Å². The Morgan fingerprint density at radius 2 is 2.03 bits per heavy atom. The lowest BCUT2D eigenvalue weighted by Crippen LogP contribution is -2.36. The molecule has 1 N–H and O–H groups in total. The fourth-order valence-electron chi connectivity index (χ4n) is 4.40. The summed E-state index contributed by atoms with van der Waals surface area (Å²) in [7, 11) is 1.63. The Bertz CT molecular complexity index is 1280. The second kappa shape index (κ2) is 8.77. The maximum atomic E-state index is 13.4. The Morgan fingerprint density at radius 3 is 2.81 bits per heavy atom. The number of carbonyl (C=O) groups excluding carboxylic acids is 1. The number of ether oxygens (including phenoxy) is 1. The molecular formula is C24H27N3O3S. The number of amides is 1. The highest BCUT2D eigenvalue weighted by molar-refractivity contribution is 7.71. The van der Waals surface area contributed by atoms with Gasteiger partial charge in [0.2, 0.25) is 0 Å². The van der Waals surface area contributed by atoms with Gasteiger partial charge in [-0.2, -0.15) is 0 Å². The van der Waals surface area contributed by atoms with Crippen molar-refractivity contribution >= 4 is 34.7 Å². The van der Waals surface area contributed by atoms with E-state index >= 15 is 0 Å². The Kier molecular flexibility index (Phi) is 6.07. The Labute approximate surface area is 186 Å². The van der Waals surface area contributed by atoms with Crippen LogP contribution in [0.25, 0.3) is 10.9 Å². The van der Waals surface area contributed by atoms with Gasteiger partial charge in [-0.1, -0.05) is 6.07 Å². The minimum Gasteiger partial charge on any atom is -0.385 e. The Hall–Kier alpha value is -2.77. The molecule has 1 aromatic heterocycles. The molecule has 162 valence electrons. The standard InChI is InChI=1S/C24H27N3O3S/c1-15-12-16(2)18-6-4-9-26(21(18)13-15)22(28)17-7-8-19-20(14-17)25-24(31)27(23(19)29)10-5-11-30-3/h7-8,12-14H,4-6,9-11H2,1-3H3,(H,25,31). The van der Waals surface area contributed by atoms with E-state index in [4.69, 9.17) is 17.0 Å². The third kappa shape index (κ3) is 4.07. The highest BCUT2D eigenvalue weighted by Crippen LogP contribution is 2.32. The number of nitrogens with one attached hydrogen (secondary N) is 1. The van der Waals surface area contributed by atoms with Crippen LogP contribution in [0.1, 0.15) is 39.9 Å². The topological polar surface area (TPSA) is 67.3 Å². The molecule has 2 heterocycles. The number of aromatic amines is 1. The number of fused-ring (bicyclic) bond motifs is 2. The summed E-state index contributed by atoms with van der Waals surface area (Å²) in [6.45, 7) is 5.89. The van der Waals surface area contributed by atoms with Gasteiger partial charge in [0.1, 0.15) is 0 Å². The summed E-state index contributed by atoms with van der Waals surface area (Å²) in [6, 6.07) is 9.45. The normalized spacial score (nSPS) is 13.5. The highest BCUT2D eigenvalue weighted by Gasteiger charge is 2.25. The van der Waals surface area contributed by atoms with Gasteiger partial charge in [0, 0.05) is 38.1 Å². The minimum absolute atomic E-state index is 0.0589. The first kappa shape index (κ1) is 21.5. The van der Waals surface area contributed by atoms with Crippen molar-refractivity contribution in [3.05, 3.63) is 67.7 Å². The van der Waals surface area contributed by atoms with Gasteiger partial charge in [-0.05, 0) is 86.3 Å². The van der Waals surface area contributed by atoms with Gasteiger partial charge >= 0.3 is 0 Å². The van der Waals surface area contributed by atoms with E-state index in [-0.39, 0.29) is 11.5 Å². The molecule has 1 aliphatic heterocycles. The van der Waals surface area contributed by atoms with E-state index in [1.54, 1.807) is 29.9 Å². The summed E-state index contributed by atoms with van der Waals surface area (Å²) >= 11 is 5.40. The number of hydrogen-bond donors (Lipinski definition) is 1. The van der Waals surface area contributed by atoms with E-state index in [1.165, 1.54) is 11.1 Å². The fraction of sp³-hybridized carbons (Fsp3) is 0.375. The van der Waals surface area contributed by atoms with Gasteiger partial charge < -0.3 is 14.6 Å². The smallest absolute Gasteiger partial charge is 0.262 e. The number of hydrogen-bond acceptors (Lipinski definition) is 4. The summed E-state index contributed by atoms with van der Waals surface area (Å²) in [4.78, 5) is 31.3. The summed E-state index contributed by atoms with van der Waals surface area (Å²) in [5, 5.41) is 0.522. The molecule has 4 rings (SSSR count). The molecule has 0 bridgehead atoms. The van der Waals surface area contributed by atoms with Crippen LogP contribution >= 0.6 is 12.2 Å².